The molecule has 0 atom stereocenters. The molecule has 0 fully saturated rings. The molecule has 3 rings (SSSR count). The normalized spacial score (nSPS) is 11.1. The molecule has 28 heavy (non-hydrogen) atoms. The van der Waals surface area contributed by atoms with E-state index in [1.165, 1.54) is 17.0 Å². The molecule has 0 spiro atoms. The quantitative estimate of drug-likeness (QED) is 0.623. The maximum absolute atomic E-state index is 12.7. The molecule has 0 aliphatic rings. The third-order valence-electron chi connectivity index (χ3n) is 4.10. The molecule has 1 amide bonds. The molecule has 0 aliphatic carbocycles. The van der Waals surface area contributed by atoms with Crippen molar-refractivity contribution >= 4 is 11.6 Å². The number of amides is 1. The standard InChI is InChI=1S/C21H17F3N2O2/c1-26(18-6-3-11-25-13-18)20(27)16-5-2-4-15(12-16)14-28-19-9-7-17(8-10-19)21(22,23)24/h2-13H,14H2,1H3. The number of benzene rings is 2. The zero-order chi connectivity index (χ0) is 20.1. The van der Waals surface area contributed by atoms with Crippen LogP contribution >= 0.6 is 0 Å². The second-order valence-electron chi connectivity index (χ2n) is 6.09. The van der Waals surface area contributed by atoms with Gasteiger partial charge in [0.25, 0.3) is 5.91 Å². The summed E-state index contributed by atoms with van der Waals surface area (Å²) in [6.45, 7) is 0.128. The lowest BCUT2D eigenvalue weighted by atomic mass is 10.1. The van der Waals surface area contributed by atoms with E-state index in [9.17, 15) is 18.0 Å². The van der Waals surface area contributed by atoms with Crippen LogP contribution in [0.2, 0.25) is 0 Å². The van der Waals surface area contributed by atoms with Crippen LogP contribution in [0.25, 0.3) is 0 Å². The van der Waals surface area contributed by atoms with Crippen LogP contribution in [-0.4, -0.2) is 17.9 Å². The fourth-order valence-electron chi connectivity index (χ4n) is 2.56. The number of hydrogen-bond acceptors (Lipinski definition) is 3. The first-order valence-electron chi connectivity index (χ1n) is 8.41. The van der Waals surface area contributed by atoms with Gasteiger partial charge in [0.2, 0.25) is 0 Å². The molecule has 0 aliphatic heterocycles. The number of hydrogen-bond donors (Lipinski definition) is 0. The van der Waals surface area contributed by atoms with Crippen LogP contribution in [0.4, 0.5) is 18.9 Å². The predicted octanol–water partition coefficient (Wildman–Crippen LogP) is 4.96. The lowest BCUT2D eigenvalue weighted by Crippen LogP contribution is -2.26. The Morgan fingerprint density at radius 3 is 2.46 bits per heavy atom. The van der Waals surface area contributed by atoms with Crippen LogP contribution in [0, 0.1) is 0 Å². The third kappa shape index (κ3) is 4.68. The molecule has 1 heterocycles. The van der Waals surface area contributed by atoms with Crippen molar-refractivity contribution in [3.63, 3.8) is 0 Å². The van der Waals surface area contributed by atoms with Gasteiger partial charge in [0.15, 0.2) is 0 Å². The predicted molar refractivity (Wildman–Crippen MR) is 99.2 cm³/mol. The molecule has 7 heteroatoms. The Morgan fingerprint density at radius 2 is 1.82 bits per heavy atom. The van der Waals surface area contributed by atoms with Gasteiger partial charge in [-0.05, 0) is 54.1 Å². The van der Waals surface area contributed by atoms with Crippen molar-refractivity contribution in [1.82, 2.24) is 4.98 Å². The SMILES string of the molecule is CN(C(=O)c1cccc(COc2ccc(C(F)(F)F)cc2)c1)c1cccnc1. The fourth-order valence-corrected chi connectivity index (χ4v) is 2.56. The van der Waals surface area contributed by atoms with E-state index >= 15 is 0 Å². The van der Waals surface area contributed by atoms with Crippen LogP contribution < -0.4 is 9.64 Å². The van der Waals surface area contributed by atoms with E-state index in [4.69, 9.17) is 4.74 Å². The molecule has 4 nitrogen and oxygen atoms in total. The largest absolute Gasteiger partial charge is 0.489 e. The molecular formula is C21H17F3N2O2. The average molecular weight is 386 g/mol. The number of aromatic nitrogens is 1. The monoisotopic (exact) mass is 386 g/mol. The first kappa shape index (κ1) is 19.4. The summed E-state index contributed by atoms with van der Waals surface area (Å²) in [7, 11) is 1.66. The van der Waals surface area contributed by atoms with Gasteiger partial charge >= 0.3 is 6.18 Å². The number of alkyl halides is 3. The minimum absolute atomic E-state index is 0.128. The van der Waals surface area contributed by atoms with Gasteiger partial charge in [-0.15, -0.1) is 0 Å². The summed E-state index contributed by atoms with van der Waals surface area (Å²) < 4.78 is 43.3. The van der Waals surface area contributed by atoms with Crippen LogP contribution in [0.5, 0.6) is 5.75 Å². The maximum Gasteiger partial charge on any atom is 0.416 e. The number of anilines is 1. The summed E-state index contributed by atoms with van der Waals surface area (Å²) in [5.41, 5.74) is 1.13. The van der Waals surface area contributed by atoms with Gasteiger partial charge in [0.1, 0.15) is 12.4 Å². The van der Waals surface area contributed by atoms with Crippen LogP contribution in [0.1, 0.15) is 21.5 Å². The number of nitrogens with zero attached hydrogens (tertiary/aromatic N) is 2. The van der Waals surface area contributed by atoms with E-state index in [2.05, 4.69) is 4.98 Å². The topological polar surface area (TPSA) is 42.4 Å². The van der Waals surface area contributed by atoms with Crippen molar-refractivity contribution in [2.75, 3.05) is 11.9 Å². The number of ether oxygens (including phenoxy) is 1. The number of carbonyl (C=O) groups excluding carboxylic acids is 1. The second kappa shape index (κ2) is 8.12. The van der Waals surface area contributed by atoms with Gasteiger partial charge in [-0.1, -0.05) is 12.1 Å². The molecule has 0 saturated heterocycles. The summed E-state index contributed by atoms with van der Waals surface area (Å²) >= 11 is 0. The Bertz CT molecular complexity index is 942. The molecule has 1 aromatic heterocycles. The lowest BCUT2D eigenvalue weighted by molar-refractivity contribution is -0.137. The van der Waals surface area contributed by atoms with E-state index in [1.807, 2.05) is 0 Å². The lowest BCUT2D eigenvalue weighted by Gasteiger charge is -2.17. The molecule has 2 aromatic carbocycles. The van der Waals surface area contributed by atoms with Crippen LogP contribution in [0.3, 0.4) is 0 Å². The van der Waals surface area contributed by atoms with Gasteiger partial charge in [-0.3, -0.25) is 9.78 Å². The summed E-state index contributed by atoms with van der Waals surface area (Å²) in [5.74, 6) is 0.113. The molecule has 0 saturated carbocycles. The third-order valence-corrected chi connectivity index (χ3v) is 4.10. The molecule has 3 aromatic rings. The van der Waals surface area contributed by atoms with Crippen LogP contribution in [0.15, 0.2) is 73.1 Å². The van der Waals surface area contributed by atoms with Crippen LogP contribution in [-0.2, 0) is 12.8 Å². The number of pyridine rings is 1. The van der Waals surface area contributed by atoms with Crippen molar-refractivity contribution in [3.8, 4) is 5.75 Å². The zero-order valence-electron chi connectivity index (χ0n) is 15.0. The first-order chi connectivity index (χ1) is 13.3. The molecule has 0 unspecified atom stereocenters. The Labute approximate surface area is 160 Å². The summed E-state index contributed by atoms with van der Waals surface area (Å²) in [6.07, 6.45) is -1.16. The van der Waals surface area contributed by atoms with Crippen molar-refractivity contribution in [3.05, 3.63) is 89.7 Å². The Balaban J connectivity index is 1.67. The Hall–Kier alpha value is -3.35. The van der Waals surface area contributed by atoms with E-state index in [0.29, 0.717) is 17.0 Å². The summed E-state index contributed by atoms with van der Waals surface area (Å²) in [4.78, 5) is 18.1. The molecule has 0 N–H and O–H groups in total. The van der Waals surface area contributed by atoms with E-state index in [-0.39, 0.29) is 12.5 Å². The van der Waals surface area contributed by atoms with Gasteiger partial charge in [0.05, 0.1) is 17.4 Å². The van der Waals surface area contributed by atoms with Gasteiger partial charge in [-0.2, -0.15) is 13.2 Å². The van der Waals surface area contributed by atoms with E-state index < -0.39 is 11.7 Å². The van der Waals surface area contributed by atoms with Crippen molar-refractivity contribution < 1.29 is 22.7 Å². The Morgan fingerprint density at radius 1 is 1.07 bits per heavy atom. The molecule has 144 valence electrons. The summed E-state index contributed by atoms with van der Waals surface area (Å²) in [6, 6.07) is 14.9. The van der Waals surface area contributed by atoms with Crippen molar-refractivity contribution in [2.45, 2.75) is 12.8 Å². The Kier molecular flexibility index (Phi) is 5.63. The second-order valence-corrected chi connectivity index (χ2v) is 6.09. The van der Waals surface area contributed by atoms with Gasteiger partial charge in [-0.25, -0.2) is 0 Å². The van der Waals surface area contributed by atoms with E-state index in [1.54, 1.807) is 55.8 Å². The van der Waals surface area contributed by atoms with Crippen molar-refractivity contribution in [2.24, 2.45) is 0 Å². The van der Waals surface area contributed by atoms with Gasteiger partial charge in [0, 0.05) is 18.8 Å². The minimum atomic E-state index is -4.38. The average Bonchev–Trinajstić information content (AvgIpc) is 2.71. The van der Waals surface area contributed by atoms with Crippen molar-refractivity contribution in [1.29, 1.82) is 0 Å². The highest BCUT2D eigenvalue weighted by Crippen LogP contribution is 2.30. The number of halogens is 3. The highest BCUT2D eigenvalue weighted by molar-refractivity contribution is 6.05. The minimum Gasteiger partial charge on any atom is -0.489 e. The highest BCUT2D eigenvalue weighted by Gasteiger charge is 2.30. The summed E-state index contributed by atoms with van der Waals surface area (Å²) in [5, 5.41) is 0. The number of carbonyl (C=O) groups is 1. The number of rotatable bonds is 5. The zero-order valence-corrected chi connectivity index (χ0v) is 15.0. The smallest absolute Gasteiger partial charge is 0.416 e. The highest BCUT2D eigenvalue weighted by atomic mass is 19.4. The van der Waals surface area contributed by atoms with Gasteiger partial charge < -0.3 is 9.64 Å². The molecular weight excluding hydrogens is 369 g/mol. The molecule has 0 bridgehead atoms. The van der Waals surface area contributed by atoms with E-state index in [0.717, 1.165) is 17.7 Å². The molecule has 0 radical (unpaired) electrons. The first-order valence-corrected chi connectivity index (χ1v) is 8.41. The maximum atomic E-state index is 12.7. The fraction of sp³-hybridized carbons (Fsp3) is 0.143.